The van der Waals surface area contributed by atoms with Crippen LogP contribution in [-0.4, -0.2) is 32.5 Å². The van der Waals surface area contributed by atoms with Crippen LogP contribution in [0.3, 0.4) is 0 Å². The Hall–Kier alpha value is -3.79. The van der Waals surface area contributed by atoms with Gasteiger partial charge in [-0.15, -0.1) is 0 Å². The summed E-state index contributed by atoms with van der Waals surface area (Å²) in [7, 11) is 0. The zero-order chi connectivity index (χ0) is 21.3. The Kier molecular flexibility index (Phi) is 5.15. The Balaban J connectivity index is 1.50. The molecule has 4 rings (SSSR count). The van der Waals surface area contributed by atoms with Crippen molar-refractivity contribution in [1.82, 2.24) is 14.8 Å². The summed E-state index contributed by atoms with van der Waals surface area (Å²) in [6.07, 6.45) is 1.40. The highest BCUT2D eigenvalue weighted by Crippen LogP contribution is 2.33. The van der Waals surface area contributed by atoms with Gasteiger partial charge in [0.15, 0.2) is 12.6 Å². The Bertz CT molecular complexity index is 1120. The Morgan fingerprint density at radius 3 is 2.80 bits per heavy atom. The minimum absolute atomic E-state index is 0.0312. The number of non-ortho nitro benzene ring substituents is 1. The van der Waals surface area contributed by atoms with E-state index in [4.69, 9.17) is 14.2 Å². The molecule has 0 saturated heterocycles. The van der Waals surface area contributed by atoms with Crippen LogP contribution in [0, 0.1) is 24.0 Å². The van der Waals surface area contributed by atoms with Crippen LogP contribution in [0.1, 0.15) is 32.9 Å². The lowest BCUT2D eigenvalue weighted by Crippen LogP contribution is -2.15. The van der Waals surface area contributed by atoms with E-state index >= 15 is 0 Å². The maximum atomic E-state index is 12.4. The maximum Gasteiger partial charge on any atom is 0.340 e. The Labute approximate surface area is 171 Å². The Morgan fingerprint density at radius 2 is 2.13 bits per heavy atom. The number of ether oxygens (including phenoxy) is 3. The first-order valence-corrected chi connectivity index (χ1v) is 9.10. The van der Waals surface area contributed by atoms with Gasteiger partial charge in [0.25, 0.3) is 5.69 Å². The van der Waals surface area contributed by atoms with E-state index in [1.54, 1.807) is 16.8 Å². The summed E-state index contributed by atoms with van der Waals surface area (Å²) in [4.78, 5) is 27.4. The second kappa shape index (κ2) is 7.91. The number of fused-ring (bicyclic) bond motifs is 1. The van der Waals surface area contributed by atoms with Crippen LogP contribution in [0.2, 0.25) is 0 Å². The lowest BCUT2D eigenvalue weighted by Gasteiger charge is -2.20. The molecule has 0 radical (unpaired) electrons. The number of aromatic nitrogens is 3. The van der Waals surface area contributed by atoms with Crippen LogP contribution in [0.15, 0.2) is 36.5 Å². The summed E-state index contributed by atoms with van der Waals surface area (Å²) in [5, 5.41) is 15.5. The number of carbonyl (C=O) groups excluding carboxylic acids is 1. The van der Waals surface area contributed by atoms with Gasteiger partial charge < -0.3 is 14.2 Å². The fourth-order valence-corrected chi connectivity index (χ4v) is 3.21. The van der Waals surface area contributed by atoms with Crippen LogP contribution in [0.4, 0.5) is 5.69 Å². The van der Waals surface area contributed by atoms with Crippen molar-refractivity contribution in [2.75, 3.05) is 6.79 Å². The summed E-state index contributed by atoms with van der Waals surface area (Å²) in [5.41, 5.74) is 2.87. The molecule has 3 aromatic rings. The molecule has 154 valence electrons. The molecule has 0 N–H and O–H groups in total. The van der Waals surface area contributed by atoms with Gasteiger partial charge in [0.2, 0.25) is 0 Å². The van der Waals surface area contributed by atoms with Crippen LogP contribution < -0.4 is 4.74 Å². The number of carbonyl (C=O) groups is 1. The molecule has 1 aliphatic heterocycles. The smallest absolute Gasteiger partial charge is 0.340 e. The quantitative estimate of drug-likeness (QED) is 0.358. The molecule has 0 aliphatic carbocycles. The lowest BCUT2D eigenvalue weighted by atomic mass is 10.1. The third-order valence-electron chi connectivity index (χ3n) is 4.55. The van der Waals surface area contributed by atoms with E-state index in [2.05, 4.69) is 10.1 Å². The number of pyridine rings is 1. The average Bonchev–Trinajstić information content (AvgIpc) is 3.09. The monoisotopic (exact) mass is 410 g/mol. The van der Waals surface area contributed by atoms with Crippen molar-refractivity contribution in [2.24, 2.45) is 0 Å². The van der Waals surface area contributed by atoms with E-state index in [0.717, 1.165) is 11.4 Å². The number of rotatable bonds is 5. The van der Waals surface area contributed by atoms with Crippen LogP contribution >= 0.6 is 0 Å². The van der Waals surface area contributed by atoms with Crippen molar-refractivity contribution >= 4 is 11.7 Å². The van der Waals surface area contributed by atoms with Crippen LogP contribution in [-0.2, 0) is 22.7 Å². The predicted molar refractivity (Wildman–Crippen MR) is 103 cm³/mol. The number of nitrogens with zero attached hydrogens (tertiary/aromatic N) is 4. The van der Waals surface area contributed by atoms with Gasteiger partial charge in [-0.3, -0.25) is 10.1 Å². The van der Waals surface area contributed by atoms with Crippen molar-refractivity contribution in [3.8, 4) is 11.6 Å². The first-order chi connectivity index (χ1) is 14.4. The third-order valence-corrected chi connectivity index (χ3v) is 4.55. The number of nitro groups is 1. The molecular formula is C20H18N4O6. The molecule has 10 heteroatoms. The van der Waals surface area contributed by atoms with E-state index in [1.165, 1.54) is 18.3 Å². The second-order valence-corrected chi connectivity index (χ2v) is 6.78. The van der Waals surface area contributed by atoms with E-state index in [-0.39, 0.29) is 31.3 Å². The van der Waals surface area contributed by atoms with E-state index in [9.17, 15) is 14.9 Å². The summed E-state index contributed by atoms with van der Waals surface area (Å²) in [6, 6.07) is 7.92. The summed E-state index contributed by atoms with van der Waals surface area (Å²) in [6.45, 7) is 3.84. The van der Waals surface area contributed by atoms with Gasteiger partial charge in [0.05, 0.1) is 22.8 Å². The molecule has 30 heavy (non-hydrogen) atoms. The molecule has 0 amide bonds. The Morgan fingerprint density at radius 1 is 1.30 bits per heavy atom. The molecule has 0 fully saturated rings. The maximum absolute atomic E-state index is 12.4. The first-order valence-electron chi connectivity index (χ1n) is 9.10. The van der Waals surface area contributed by atoms with Crippen molar-refractivity contribution < 1.29 is 23.9 Å². The van der Waals surface area contributed by atoms with Gasteiger partial charge in [0.1, 0.15) is 12.4 Å². The fraction of sp³-hybridized carbons (Fsp3) is 0.250. The molecule has 0 spiro atoms. The highest BCUT2D eigenvalue weighted by Gasteiger charge is 2.22. The number of esters is 1. The number of nitro benzene ring substituents is 1. The first kappa shape index (κ1) is 19.5. The van der Waals surface area contributed by atoms with Crippen LogP contribution in [0.5, 0.6) is 5.75 Å². The molecule has 10 nitrogen and oxygen atoms in total. The third kappa shape index (κ3) is 3.85. The molecule has 0 saturated carbocycles. The van der Waals surface area contributed by atoms with Crippen molar-refractivity contribution in [1.29, 1.82) is 0 Å². The van der Waals surface area contributed by atoms with E-state index in [1.807, 2.05) is 19.9 Å². The lowest BCUT2D eigenvalue weighted by molar-refractivity contribution is -0.385. The molecular weight excluding hydrogens is 392 g/mol. The molecule has 0 atom stereocenters. The van der Waals surface area contributed by atoms with Crippen molar-refractivity contribution in [3.63, 3.8) is 0 Å². The minimum atomic E-state index is -0.602. The molecule has 2 aromatic heterocycles. The van der Waals surface area contributed by atoms with Gasteiger partial charge in [-0.2, -0.15) is 5.10 Å². The van der Waals surface area contributed by atoms with Gasteiger partial charge in [0, 0.05) is 35.2 Å². The molecule has 3 heterocycles. The van der Waals surface area contributed by atoms with Crippen molar-refractivity contribution in [2.45, 2.75) is 27.1 Å². The fourth-order valence-electron chi connectivity index (χ4n) is 3.21. The van der Waals surface area contributed by atoms with E-state index in [0.29, 0.717) is 22.7 Å². The van der Waals surface area contributed by atoms with Gasteiger partial charge in [-0.1, -0.05) is 0 Å². The highest BCUT2D eigenvalue weighted by atomic mass is 16.7. The summed E-state index contributed by atoms with van der Waals surface area (Å²) in [5.74, 6) is 0.422. The number of hydrogen-bond donors (Lipinski definition) is 0. The summed E-state index contributed by atoms with van der Waals surface area (Å²) < 4.78 is 17.6. The van der Waals surface area contributed by atoms with E-state index < -0.39 is 10.9 Å². The van der Waals surface area contributed by atoms with Gasteiger partial charge in [-0.25, -0.2) is 14.5 Å². The second-order valence-electron chi connectivity index (χ2n) is 6.78. The molecule has 1 aromatic carbocycles. The summed E-state index contributed by atoms with van der Waals surface area (Å²) >= 11 is 0. The zero-order valence-corrected chi connectivity index (χ0v) is 16.3. The topological polar surface area (TPSA) is 119 Å². The minimum Gasteiger partial charge on any atom is -0.467 e. The highest BCUT2D eigenvalue weighted by molar-refractivity contribution is 5.89. The number of benzene rings is 1. The largest absolute Gasteiger partial charge is 0.467 e. The standard InChI is InChI=1S/C20H18N4O6/c1-12-5-13(2)23(22-12)18-4-3-14(8-21-18)20(25)29-10-16-7-17(24(26)27)6-15-9-28-11-30-19(15)16/h3-8H,9-11H2,1-2H3. The molecule has 1 aliphatic rings. The normalized spacial score (nSPS) is 12.7. The zero-order valence-electron chi connectivity index (χ0n) is 16.3. The number of aryl methyl sites for hydroxylation is 2. The average molecular weight is 410 g/mol. The predicted octanol–water partition coefficient (Wildman–Crippen LogP) is 3.02. The SMILES string of the molecule is Cc1cc(C)n(-c2ccc(C(=O)OCc3cc([N+](=O)[O-])cc4c3OCOC4)cn2)n1. The van der Waals surface area contributed by atoms with Crippen molar-refractivity contribution in [3.05, 3.63) is 74.7 Å². The van der Waals surface area contributed by atoms with Crippen LogP contribution in [0.25, 0.3) is 5.82 Å². The van der Waals surface area contributed by atoms with Gasteiger partial charge in [-0.05, 0) is 32.0 Å². The molecule has 0 bridgehead atoms. The molecule has 0 unspecified atom stereocenters. The number of hydrogen-bond acceptors (Lipinski definition) is 8. The van der Waals surface area contributed by atoms with Gasteiger partial charge >= 0.3 is 5.97 Å².